The molecule has 0 amide bonds. The van der Waals surface area contributed by atoms with Crippen molar-refractivity contribution in [1.82, 2.24) is 0 Å². The molecule has 0 bridgehead atoms. The highest BCUT2D eigenvalue weighted by Gasteiger charge is 2.31. The van der Waals surface area contributed by atoms with Crippen LogP contribution in [0.3, 0.4) is 0 Å². The fraction of sp³-hybridized carbons (Fsp3) is 0.235. The molecule has 1 aliphatic rings. The Morgan fingerprint density at radius 1 is 1.27 bits per heavy atom. The van der Waals surface area contributed by atoms with Crippen molar-refractivity contribution in [2.45, 2.75) is 25.7 Å². The maximum atomic E-state index is 9.61. The van der Waals surface area contributed by atoms with Gasteiger partial charge < -0.3 is 11.5 Å². The summed E-state index contributed by atoms with van der Waals surface area (Å²) in [5, 5.41) is 19.0. The van der Waals surface area contributed by atoms with Crippen molar-refractivity contribution < 1.29 is 0 Å². The van der Waals surface area contributed by atoms with Crippen molar-refractivity contribution in [3.8, 4) is 12.1 Å². The van der Waals surface area contributed by atoms with E-state index in [2.05, 4.69) is 17.1 Å². The molecule has 1 aliphatic heterocycles. The van der Waals surface area contributed by atoms with Crippen LogP contribution in [0.4, 0.5) is 0 Å². The number of nitriles is 2. The van der Waals surface area contributed by atoms with Crippen LogP contribution in [0.25, 0.3) is 0 Å². The highest BCUT2D eigenvalue weighted by molar-refractivity contribution is 6.01. The van der Waals surface area contributed by atoms with Crippen LogP contribution in [-0.2, 0) is 0 Å². The van der Waals surface area contributed by atoms with Crippen molar-refractivity contribution in [2.75, 3.05) is 0 Å². The lowest BCUT2D eigenvalue weighted by atomic mass is 9.80. The van der Waals surface area contributed by atoms with Crippen LogP contribution in [0, 0.1) is 22.7 Å². The number of nitrogens with two attached hydrogens (primary N) is 2. The van der Waals surface area contributed by atoms with Gasteiger partial charge >= 0.3 is 0 Å². The summed E-state index contributed by atoms with van der Waals surface area (Å²) in [5.74, 6) is -0.132. The Morgan fingerprint density at radius 3 is 2.59 bits per heavy atom. The number of hydrogen-bond donors (Lipinski definition) is 2. The summed E-state index contributed by atoms with van der Waals surface area (Å²) in [6.07, 6.45) is 2.88. The van der Waals surface area contributed by atoms with Crippen LogP contribution >= 0.6 is 0 Å². The zero-order valence-corrected chi connectivity index (χ0v) is 12.4. The minimum Gasteiger partial charge on any atom is -0.404 e. The normalized spacial score (nSPS) is 19.5. The molecule has 1 atom stereocenters. The average molecular weight is 291 g/mol. The first kappa shape index (κ1) is 15.3. The Morgan fingerprint density at radius 2 is 2.00 bits per heavy atom. The Balaban J connectivity index is 2.72. The molecule has 1 aromatic rings. The highest BCUT2D eigenvalue weighted by Crippen LogP contribution is 2.39. The van der Waals surface area contributed by atoms with Gasteiger partial charge in [0.05, 0.1) is 34.9 Å². The van der Waals surface area contributed by atoms with Crippen molar-refractivity contribution in [2.24, 2.45) is 16.5 Å². The molecule has 0 saturated heterocycles. The van der Waals surface area contributed by atoms with Crippen molar-refractivity contribution in [3.05, 3.63) is 58.4 Å². The lowest BCUT2D eigenvalue weighted by molar-refractivity contribution is 0.835. The summed E-state index contributed by atoms with van der Waals surface area (Å²) in [6.45, 7) is 2.01. The van der Waals surface area contributed by atoms with Gasteiger partial charge in [0, 0.05) is 11.8 Å². The molecular weight excluding hydrogens is 274 g/mol. The molecule has 5 heteroatoms. The van der Waals surface area contributed by atoms with Gasteiger partial charge in [-0.3, -0.25) is 0 Å². The third-order valence-electron chi connectivity index (χ3n) is 3.64. The fourth-order valence-electron chi connectivity index (χ4n) is 2.65. The highest BCUT2D eigenvalue weighted by atomic mass is 14.9. The SMILES string of the molecule is CCCC1=C(C#N)C(c2ccccc2C#N)/C(=C/N)C(N)=N1. The average Bonchev–Trinajstić information content (AvgIpc) is 2.54. The van der Waals surface area contributed by atoms with Gasteiger partial charge in [0.1, 0.15) is 5.84 Å². The van der Waals surface area contributed by atoms with E-state index in [1.165, 1.54) is 6.20 Å². The standard InChI is InChI=1S/C17H17N5/c1-2-5-15-13(9-19)16(14(10-20)17(21)22-15)12-7-4-3-6-11(12)8-18/h3-4,6-7,10,16H,2,5,20H2,1H3,(H2,21,22)/b14-10-. The third-order valence-corrected chi connectivity index (χ3v) is 3.64. The molecule has 0 saturated carbocycles. The Labute approximate surface area is 129 Å². The summed E-state index contributed by atoms with van der Waals surface area (Å²) in [6, 6.07) is 11.6. The Kier molecular flexibility index (Phi) is 4.60. The van der Waals surface area contributed by atoms with E-state index in [-0.39, 0.29) is 0 Å². The largest absolute Gasteiger partial charge is 0.404 e. The zero-order valence-electron chi connectivity index (χ0n) is 12.4. The van der Waals surface area contributed by atoms with Gasteiger partial charge in [-0.05, 0) is 18.1 Å². The predicted molar refractivity (Wildman–Crippen MR) is 85.3 cm³/mol. The van der Waals surface area contributed by atoms with Gasteiger partial charge in [-0.15, -0.1) is 0 Å². The molecule has 0 fully saturated rings. The number of benzene rings is 1. The molecule has 0 aliphatic carbocycles. The smallest absolute Gasteiger partial charge is 0.129 e. The summed E-state index contributed by atoms with van der Waals surface area (Å²) in [4.78, 5) is 4.33. The first-order valence-corrected chi connectivity index (χ1v) is 7.06. The van der Waals surface area contributed by atoms with E-state index < -0.39 is 5.92 Å². The predicted octanol–water partition coefficient (Wildman–Crippen LogP) is 2.43. The summed E-state index contributed by atoms with van der Waals surface area (Å²) >= 11 is 0. The summed E-state index contributed by atoms with van der Waals surface area (Å²) in [7, 11) is 0. The van der Waals surface area contributed by atoms with E-state index in [0.717, 1.165) is 12.0 Å². The van der Waals surface area contributed by atoms with Crippen molar-refractivity contribution >= 4 is 5.84 Å². The maximum Gasteiger partial charge on any atom is 0.129 e. The molecule has 0 aromatic heterocycles. The van der Waals surface area contributed by atoms with Gasteiger partial charge in [0.25, 0.3) is 0 Å². The topological polar surface area (TPSA) is 112 Å². The lowest BCUT2D eigenvalue weighted by Gasteiger charge is -2.26. The zero-order chi connectivity index (χ0) is 16.1. The van der Waals surface area contributed by atoms with Crippen LogP contribution in [0.2, 0.25) is 0 Å². The van der Waals surface area contributed by atoms with Crippen LogP contribution in [-0.4, -0.2) is 5.84 Å². The number of amidine groups is 1. The number of rotatable bonds is 3. The third kappa shape index (κ3) is 2.57. The van der Waals surface area contributed by atoms with E-state index >= 15 is 0 Å². The van der Waals surface area contributed by atoms with Gasteiger partial charge in [-0.25, -0.2) is 4.99 Å². The number of allylic oxidation sites excluding steroid dienone is 2. The molecule has 22 heavy (non-hydrogen) atoms. The molecule has 1 unspecified atom stereocenters. The second kappa shape index (κ2) is 6.60. The number of nitrogens with zero attached hydrogens (tertiary/aromatic N) is 3. The van der Waals surface area contributed by atoms with E-state index in [1.807, 2.05) is 19.1 Å². The minimum absolute atomic E-state index is 0.308. The summed E-state index contributed by atoms with van der Waals surface area (Å²) in [5.41, 5.74) is 14.7. The molecule has 110 valence electrons. The first-order valence-electron chi connectivity index (χ1n) is 7.06. The van der Waals surface area contributed by atoms with E-state index in [1.54, 1.807) is 12.1 Å². The lowest BCUT2D eigenvalue weighted by Crippen LogP contribution is -2.27. The quantitative estimate of drug-likeness (QED) is 0.890. The van der Waals surface area contributed by atoms with Crippen LogP contribution in [0.5, 0.6) is 0 Å². The fourth-order valence-corrected chi connectivity index (χ4v) is 2.65. The molecule has 2 rings (SSSR count). The maximum absolute atomic E-state index is 9.61. The van der Waals surface area contributed by atoms with Crippen LogP contribution < -0.4 is 11.5 Å². The van der Waals surface area contributed by atoms with Gasteiger partial charge in [0.15, 0.2) is 0 Å². The van der Waals surface area contributed by atoms with E-state index in [4.69, 9.17) is 11.5 Å². The molecule has 1 heterocycles. The van der Waals surface area contributed by atoms with Gasteiger partial charge in [-0.1, -0.05) is 31.5 Å². The van der Waals surface area contributed by atoms with Crippen LogP contribution in [0.1, 0.15) is 36.8 Å². The van der Waals surface area contributed by atoms with Gasteiger partial charge in [0.2, 0.25) is 0 Å². The monoisotopic (exact) mass is 291 g/mol. The first-order chi connectivity index (χ1) is 10.7. The molecule has 4 N–H and O–H groups in total. The molecular formula is C17H17N5. The Hall–Kier alpha value is -3.05. The molecule has 1 aromatic carbocycles. The van der Waals surface area contributed by atoms with Crippen LogP contribution in [0.15, 0.2) is 52.3 Å². The number of aliphatic imine (C=N–C) groups is 1. The summed E-state index contributed by atoms with van der Waals surface area (Å²) < 4.78 is 0. The molecule has 0 radical (unpaired) electrons. The molecule has 0 spiro atoms. The second-order valence-electron chi connectivity index (χ2n) is 4.97. The van der Waals surface area contributed by atoms with Crippen molar-refractivity contribution in [1.29, 1.82) is 10.5 Å². The van der Waals surface area contributed by atoms with Crippen molar-refractivity contribution in [3.63, 3.8) is 0 Å². The molecule has 5 nitrogen and oxygen atoms in total. The minimum atomic E-state index is -0.440. The van der Waals surface area contributed by atoms with Gasteiger partial charge in [-0.2, -0.15) is 10.5 Å². The van der Waals surface area contributed by atoms with E-state index in [0.29, 0.717) is 34.7 Å². The Bertz CT molecular complexity index is 756. The van der Waals surface area contributed by atoms with E-state index in [9.17, 15) is 10.5 Å². The second-order valence-corrected chi connectivity index (χ2v) is 4.97. The number of hydrogen-bond acceptors (Lipinski definition) is 5.